The summed E-state index contributed by atoms with van der Waals surface area (Å²) in [6.07, 6.45) is -1.44. The molecule has 0 bridgehead atoms. The number of amides is 1. The summed E-state index contributed by atoms with van der Waals surface area (Å²) in [4.78, 5) is 15.0. The second-order valence-corrected chi connectivity index (χ2v) is 7.16. The van der Waals surface area contributed by atoms with Gasteiger partial charge in [-0.1, -0.05) is 24.6 Å². The van der Waals surface area contributed by atoms with Crippen molar-refractivity contribution in [1.29, 1.82) is 0 Å². The molecule has 2 N–H and O–H groups in total. The van der Waals surface area contributed by atoms with E-state index in [4.69, 9.17) is 5.73 Å². The standard InChI is InChI=1S/C18H23F3N2O/c1-12-8-13(10-22)11-23(12)16(24)17(6-3-7-17)14-4-2-5-15(9-14)18(19,20)21/h2,4-5,9,12-13H,3,6-8,10-11,22H2,1H3. The molecule has 2 atom stereocenters. The second-order valence-electron chi connectivity index (χ2n) is 7.16. The van der Waals surface area contributed by atoms with Gasteiger partial charge in [-0.25, -0.2) is 0 Å². The van der Waals surface area contributed by atoms with Crippen molar-refractivity contribution in [3.63, 3.8) is 0 Å². The van der Waals surface area contributed by atoms with Crippen molar-refractivity contribution in [2.75, 3.05) is 13.1 Å². The van der Waals surface area contributed by atoms with Crippen molar-refractivity contribution in [3.05, 3.63) is 35.4 Å². The van der Waals surface area contributed by atoms with Crippen molar-refractivity contribution in [2.45, 2.75) is 50.2 Å². The molecule has 2 unspecified atom stereocenters. The SMILES string of the molecule is CC1CC(CN)CN1C(=O)C1(c2cccc(C(F)(F)F)c2)CCC1. The van der Waals surface area contributed by atoms with Gasteiger partial charge < -0.3 is 10.6 Å². The van der Waals surface area contributed by atoms with Gasteiger partial charge in [-0.3, -0.25) is 4.79 Å². The van der Waals surface area contributed by atoms with E-state index in [9.17, 15) is 18.0 Å². The highest BCUT2D eigenvalue weighted by Gasteiger charge is 2.50. The number of benzene rings is 1. The maximum atomic E-state index is 13.2. The molecule has 1 aliphatic heterocycles. The number of nitrogens with two attached hydrogens (primary N) is 1. The molecule has 0 spiro atoms. The average Bonchev–Trinajstić information content (AvgIpc) is 2.86. The highest BCUT2D eigenvalue weighted by atomic mass is 19.4. The normalized spacial score (nSPS) is 26.3. The zero-order chi connectivity index (χ0) is 17.5. The second kappa shape index (κ2) is 6.06. The van der Waals surface area contributed by atoms with Crippen LogP contribution in [0.5, 0.6) is 0 Å². The Kier molecular flexibility index (Phi) is 4.36. The summed E-state index contributed by atoms with van der Waals surface area (Å²) in [5.41, 5.74) is 4.75. The number of halogens is 3. The minimum absolute atomic E-state index is 0.0310. The zero-order valence-corrected chi connectivity index (χ0v) is 13.8. The van der Waals surface area contributed by atoms with Crippen LogP contribution in [0.3, 0.4) is 0 Å². The van der Waals surface area contributed by atoms with Crippen LogP contribution in [-0.4, -0.2) is 29.9 Å². The predicted octanol–water partition coefficient (Wildman–Crippen LogP) is 3.32. The Balaban J connectivity index is 1.91. The number of alkyl halides is 3. The number of hydrogen-bond donors (Lipinski definition) is 1. The van der Waals surface area contributed by atoms with E-state index in [-0.39, 0.29) is 17.9 Å². The van der Waals surface area contributed by atoms with Gasteiger partial charge in [0.2, 0.25) is 5.91 Å². The van der Waals surface area contributed by atoms with Crippen molar-refractivity contribution in [1.82, 2.24) is 4.90 Å². The Morgan fingerprint density at radius 2 is 2.08 bits per heavy atom. The van der Waals surface area contributed by atoms with Crippen LogP contribution in [0, 0.1) is 5.92 Å². The number of carbonyl (C=O) groups is 1. The van der Waals surface area contributed by atoms with Gasteiger partial charge in [0.15, 0.2) is 0 Å². The molecule has 0 radical (unpaired) electrons. The first-order valence-corrected chi connectivity index (χ1v) is 8.47. The molecule has 1 aromatic rings. The third kappa shape index (κ3) is 2.81. The van der Waals surface area contributed by atoms with Crippen LogP contribution in [0.15, 0.2) is 24.3 Å². The molecule has 24 heavy (non-hydrogen) atoms. The molecule has 1 amide bonds. The molecule has 6 heteroatoms. The maximum absolute atomic E-state index is 13.2. The fraction of sp³-hybridized carbons (Fsp3) is 0.611. The summed E-state index contributed by atoms with van der Waals surface area (Å²) < 4.78 is 39.1. The van der Waals surface area contributed by atoms with Crippen LogP contribution in [0.25, 0.3) is 0 Å². The Bertz CT molecular complexity index is 625. The Labute approximate surface area is 140 Å². The van der Waals surface area contributed by atoms with Gasteiger partial charge in [-0.15, -0.1) is 0 Å². The predicted molar refractivity (Wildman–Crippen MR) is 85.3 cm³/mol. The summed E-state index contributed by atoms with van der Waals surface area (Å²) in [7, 11) is 0. The lowest BCUT2D eigenvalue weighted by Crippen LogP contribution is -2.52. The molecule has 3 rings (SSSR count). The van der Waals surface area contributed by atoms with Crippen molar-refractivity contribution >= 4 is 5.91 Å². The molecular weight excluding hydrogens is 317 g/mol. The van der Waals surface area contributed by atoms with E-state index < -0.39 is 17.2 Å². The molecule has 3 nitrogen and oxygen atoms in total. The largest absolute Gasteiger partial charge is 0.416 e. The van der Waals surface area contributed by atoms with Gasteiger partial charge in [-0.2, -0.15) is 13.2 Å². The van der Waals surface area contributed by atoms with E-state index in [1.165, 1.54) is 6.07 Å². The van der Waals surface area contributed by atoms with E-state index in [1.807, 2.05) is 11.8 Å². The smallest absolute Gasteiger partial charge is 0.339 e. The van der Waals surface area contributed by atoms with E-state index in [2.05, 4.69) is 0 Å². The van der Waals surface area contributed by atoms with Gasteiger partial charge in [-0.05, 0) is 50.3 Å². The molecule has 1 saturated heterocycles. The quantitative estimate of drug-likeness (QED) is 0.917. The average molecular weight is 340 g/mol. The Morgan fingerprint density at radius 1 is 1.38 bits per heavy atom. The van der Waals surface area contributed by atoms with E-state index >= 15 is 0 Å². The maximum Gasteiger partial charge on any atom is 0.416 e. The molecule has 0 aromatic heterocycles. The van der Waals surface area contributed by atoms with Crippen molar-refractivity contribution < 1.29 is 18.0 Å². The van der Waals surface area contributed by atoms with Crippen LogP contribution in [0.2, 0.25) is 0 Å². The summed E-state index contributed by atoms with van der Waals surface area (Å²) in [6, 6.07) is 5.37. The monoisotopic (exact) mass is 340 g/mol. The molecule has 132 valence electrons. The number of hydrogen-bond acceptors (Lipinski definition) is 2. The zero-order valence-electron chi connectivity index (χ0n) is 13.8. The van der Waals surface area contributed by atoms with Crippen molar-refractivity contribution in [2.24, 2.45) is 11.7 Å². The van der Waals surface area contributed by atoms with Gasteiger partial charge in [0.05, 0.1) is 11.0 Å². The summed E-state index contributed by atoms with van der Waals surface area (Å²) >= 11 is 0. The fourth-order valence-electron chi connectivity index (χ4n) is 4.02. The molecule has 1 heterocycles. The van der Waals surface area contributed by atoms with E-state index in [0.717, 1.165) is 25.0 Å². The van der Waals surface area contributed by atoms with Crippen LogP contribution < -0.4 is 5.73 Å². The highest BCUT2D eigenvalue weighted by Crippen LogP contribution is 2.47. The van der Waals surface area contributed by atoms with Gasteiger partial charge >= 0.3 is 6.18 Å². The third-order valence-corrected chi connectivity index (χ3v) is 5.61. The fourth-order valence-corrected chi connectivity index (χ4v) is 4.02. The van der Waals surface area contributed by atoms with Crippen molar-refractivity contribution in [3.8, 4) is 0 Å². The number of likely N-dealkylation sites (tertiary alicyclic amines) is 1. The minimum Gasteiger partial charge on any atom is -0.339 e. The first kappa shape index (κ1) is 17.3. The molecule has 2 aliphatic rings. The third-order valence-electron chi connectivity index (χ3n) is 5.61. The lowest BCUT2D eigenvalue weighted by Gasteiger charge is -2.44. The number of nitrogens with zero attached hydrogens (tertiary/aromatic N) is 1. The summed E-state index contributed by atoms with van der Waals surface area (Å²) in [5.74, 6) is 0.249. The van der Waals surface area contributed by atoms with E-state index in [1.54, 1.807) is 6.07 Å². The summed E-state index contributed by atoms with van der Waals surface area (Å²) in [6.45, 7) is 3.13. The lowest BCUT2D eigenvalue weighted by atomic mass is 9.63. The summed E-state index contributed by atoms with van der Waals surface area (Å²) in [5, 5.41) is 0. The first-order valence-electron chi connectivity index (χ1n) is 8.47. The Hall–Kier alpha value is -1.56. The molecule has 1 saturated carbocycles. The van der Waals surface area contributed by atoms with Crippen LogP contribution in [0.1, 0.15) is 43.7 Å². The number of rotatable bonds is 3. The van der Waals surface area contributed by atoms with Crippen LogP contribution in [0.4, 0.5) is 13.2 Å². The van der Waals surface area contributed by atoms with E-state index in [0.29, 0.717) is 31.5 Å². The topological polar surface area (TPSA) is 46.3 Å². The molecular formula is C18H23F3N2O. The Morgan fingerprint density at radius 3 is 2.58 bits per heavy atom. The molecule has 1 aliphatic carbocycles. The van der Waals surface area contributed by atoms with Crippen LogP contribution in [-0.2, 0) is 16.4 Å². The first-order chi connectivity index (χ1) is 11.3. The molecule has 2 fully saturated rings. The minimum atomic E-state index is -4.39. The lowest BCUT2D eigenvalue weighted by molar-refractivity contribution is -0.142. The van der Waals surface area contributed by atoms with Gasteiger partial charge in [0.1, 0.15) is 0 Å². The van der Waals surface area contributed by atoms with Gasteiger partial charge in [0.25, 0.3) is 0 Å². The van der Waals surface area contributed by atoms with Gasteiger partial charge in [0, 0.05) is 12.6 Å². The highest BCUT2D eigenvalue weighted by molar-refractivity contribution is 5.90. The number of carbonyl (C=O) groups excluding carboxylic acids is 1. The molecule has 1 aromatic carbocycles. The van der Waals surface area contributed by atoms with Crippen LogP contribution >= 0.6 is 0 Å².